The van der Waals surface area contributed by atoms with Gasteiger partial charge in [0.2, 0.25) is 0 Å². The lowest BCUT2D eigenvalue weighted by Crippen LogP contribution is -2.12. The summed E-state index contributed by atoms with van der Waals surface area (Å²) in [5.74, 6) is 0. The number of thioether (sulfide) groups is 1. The molecule has 0 aliphatic heterocycles. The molecule has 8 heavy (non-hydrogen) atoms. The van der Waals surface area contributed by atoms with E-state index in [-0.39, 0.29) is 10.2 Å². The molecule has 50 valence electrons. The van der Waals surface area contributed by atoms with Crippen LogP contribution in [0.15, 0.2) is 0 Å². The van der Waals surface area contributed by atoms with Gasteiger partial charge in [-0.25, -0.2) is 0 Å². The van der Waals surface area contributed by atoms with E-state index < -0.39 is 0 Å². The molecule has 0 radical (unpaired) electrons. The van der Waals surface area contributed by atoms with Gasteiger partial charge in [0.05, 0.1) is 5.44 Å². The summed E-state index contributed by atoms with van der Waals surface area (Å²) in [6.07, 6.45) is 0. The van der Waals surface area contributed by atoms with Crippen molar-refractivity contribution in [3.05, 3.63) is 0 Å². The molecular formula is C6H14OS. The molecule has 0 bridgehead atoms. The fraction of sp³-hybridized carbons (Fsp3) is 1.00. The van der Waals surface area contributed by atoms with Gasteiger partial charge in [-0.3, -0.25) is 0 Å². The Balaban J connectivity index is 3.39. The largest absolute Gasteiger partial charge is 0.383 e. The van der Waals surface area contributed by atoms with Crippen LogP contribution in [0.2, 0.25) is 0 Å². The third-order valence-corrected chi connectivity index (χ3v) is 1.57. The van der Waals surface area contributed by atoms with E-state index in [9.17, 15) is 0 Å². The smallest absolute Gasteiger partial charge is 0.0969 e. The summed E-state index contributed by atoms with van der Waals surface area (Å²) in [5, 5.41) is 8.85. The van der Waals surface area contributed by atoms with Crippen molar-refractivity contribution in [2.45, 2.75) is 37.9 Å². The summed E-state index contributed by atoms with van der Waals surface area (Å²) in [6.45, 7) is 8.05. The highest BCUT2D eigenvalue weighted by atomic mass is 32.2. The predicted octanol–water partition coefficient (Wildman–Crippen LogP) is 1.86. The van der Waals surface area contributed by atoms with Crippen molar-refractivity contribution in [3.8, 4) is 0 Å². The monoisotopic (exact) mass is 134 g/mol. The molecule has 0 fully saturated rings. The Bertz CT molecular complexity index is 63.4. The second-order valence-corrected chi connectivity index (χ2v) is 4.97. The zero-order valence-electron chi connectivity index (χ0n) is 5.93. The lowest BCUT2D eigenvalue weighted by molar-refractivity contribution is 0.282. The maximum atomic E-state index is 8.85. The van der Waals surface area contributed by atoms with Crippen LogP contribution in [-0.4, -0.2) is 15.3 Å². The van der Waals surface area contributed by atoms with E-state index >= 15 is 0 Å². The van der Waals surface area contributed by atoms with E-state index in [1.54, 1.807) is 18.7 Å². The molecular weight excluding hydrogens is 120 g/mol. The highest BCUT2D eigenvalue weighted by Gasteiger charge is 2.12. The summed E-state index contributed by atoms with van der Waals surface area (Å²) in [5.41, 5.74) is -0.241. The fourth-order valence-electron chi connectivity index (χ4n) is 0.512. The van der Waals surface area contributed by atoms with Crippen molar-refractivity contribution in [1.82, 2.24) is 0 Å². The Kier molecular flexibility index (Phi) is 2.84. The number of aliphatic hydroxyl groups excluding tert-OH is 1. The molecule has 0 heterocycles. The van der Waals surface area contributed by atoms with Crippen LogP contribution in [0, 0.1) is 0 Å². The van der Waals surface area contributed by atoms with Gasteiger partial charge in [0.25, 0.3) is 0 Å². The van der Waals surface area contributed by atoms with Crippen molar-refractivity contribution in [2.75, 3.05) is 0 Å². The minimum atomic E-state index is -0.241. The van der Waals surface area contributed by atoms with Crippen LogP contribution in [-0.2, 0) is 0 Å². The molecule has 0 aliphatic rings. The van der Waals surface area contributed by atoms with Gasteiger partial charge in [0, 0.05) is 4.75 Å². The summed E-state index contributed by atoms with van der Waals surface area (Å²) in [7, 11) is 0. The third kappa shape index (κ3) is 6.31. The third-order valence-electron chi connectivity index (χ3n) is 0.524. The Labute approximate surface area is 55.5 Å². The van der Waals surface area contributed by atoms with E-state index in [0.717, 1.165) is 0 Å². The summed E-state index contributed by atoms with van der Waals surface area (Å²) in [6, 6.07) is 0. The van der Waals surface area contributed by atoms with Gasteiger partial charge < -0.3 is 5.11 Å². The fourth-order valence-corrected chi connectivity index (χ4v) is 1.54. The highest BCUT2D eigenvalue weighted by Crippen LogP contribution is 2.25. The average molecular weight is 134 g/mol. The van der Waals surface area contributed by atoms with Crippen molar-refractivity contribution < 1.29 is 5.11 Å². The minimum Gasteiger partial charge on any atom is -0.383 e. The maximum absolute atomic E-state index is 8.85. The standard InChI is InChI=1S/C6H14OS/c1-5(7)8-6(2,3)4/h5,7H,1-4H3. The van der Waals surface area contributed by atoms with E-state index in [1.165, 1.54) is 0 Å². The van der Waals surface area contributed by atoms with Crippen molar-refractivity contribution in [3.63, 3.8) is 0 Å². The van der Waals surface area contributed by atoms with E-state index in [1.807, 2.05) is 0 Å². The highest BCUT2D eigenvalue weighted by molar-refractivity contribution is 8.00. The molecule has 1 atom stereocenters. The molecule has 1 unspecified atom stereocenters. The first-order valence-electron chi connectivity index (χ1n) is 2.78. The zero-order valence-corrected chi connectivity index (χ0v) is 6.75. The van der Waals surface area contributed by atoms with Crippen molar-refractivity contribution in [2.24, 2.45) is 0 Å². The van der Waals surface area contributed by atoms with Crippen LogP contribution < -0.4 is 0 Å². The van der Waals surface area contributed by atoms with Gasteiger partial charge in [-0.15, -0.1) is 11.8 Å². The maximum Gasteiger partial charge on any atom is 0.0969 e. The van der Waals surface area contributed by atoms with Crippen LogP contribution in [0.4, 0.5) is 0 Å². The summed E-state index contributed by atoms with van der Waals surface area (Å²) in [4.78, 5) is 0. The molecule has 0 saturated carbocycles. The van der Waals surface area contributed by atoms with Gasteiger partial charge in [-0.05, 0) is 6.92 Å². The zero-order chi connectivity index (χ0) is 6.78. The minimum absolute atomic E-state index is 0.189. The molecule has 1 nitrogen and oxygen atoms in total. The van der Waals surface area contributed by atoms with Crippen LogP contribution in [0.3, 0.4) is 0 Å². The van der Waals surface area contributed by atoms with Crippen molar-refractivity contribution >= 4 is 11.8 Å². The Morgan fingerprint density at radius 1 is 1.38 bits per heavy atom. The predicted molar refractivity (Wildman–Crippen MR) is 39.0 cm³/mol. The van der Waals surface area contributed by atoms with Crippen LogP contribution in [0.25, 0.3) is 0 Å². The number of aliphatic hydroxyl groups is 1. The molecule has 0 spiro atoms. The van der Waals surface area contributed by atoms with E-state index in [4.69, 9.17) is 5.11 Å². The van der Waals surface area contributed by atoms with E-state index in [0.29, 0.717) is 0 Å². The first-order chi connectivity index (χ1) is 3.42. The second-order valence-electron chi connectivity index (χ2n) is 2.83. The molecule has 0 aromatic carbocycles. The topological polar surface area (TPSA) is 20.2 Å². The molecule has 0 aromatic rings. The van der Waals surface area contributed by atoms with Gasteiger partial charge in [-0.2, -0.15) is 0 Å². The van der Waals surface area contributed by atoms with Crippen LogP contribution in [0.1, 0.15) is 27.7 Å². The number of hydrogen-bond acceptors (Lipinski definition) is 2. The number of hydrogen-bond donors (Lipinski definition) is 1. The Morgan fingerprint density at radius 3 is 1.75 bits per heavy atom. The first kappa shape index (κ1) is 8.31. The molecule has 0 saturated heterocycles. The normalized spacial score (nSPS) is 16.1. The van der Waals surface area contributed by atoms with Gasteiger partial charge >= 0.3 is 0 Å². The molecule has 1 N–H and O–H groups in total. The molecule has 0 amide bonds. The van der Waals surface area contributed by atoms with Gasteiger partial charge in [-0.1, -0.05) is 20.8 Å². The Morgan fingerprint density at radius 2 is 1.75 bits per heavy atom. The molecule has 0 aromatic heterocycles. The summed E-state index contributed by atoms with van der Waals surface area (Å²) < 4.78 is 0.189. The quantitative estimate of drug-likeness (QED) is 0.552. The van der Waals surface area contributed by atoms with Crippen molar-refractivity contribution in [1.29, 1.82) is 0 Å². The molecule has 0 rings (SSSR count). The van der Waals surface area contributed by atoms with Gasteiger partial charge in [0.15, 0.2) is 0 Å². The van der Waals surface area contributed by atoms with Crippen LogP contribution in [0.5, 0.6) is 0 Å². The second kappa shape index (κ2) is 2.74. The Hall–Kier alpha value is 0.310. The summed E-state index contributed by atoms with van der Waals surface area (Å²) >= 11 is 1.57. The molecule has 2 heteroatoms. The van der Waals surface area contributed by atoms with Crippen LogP contribution >= 0.6 is 11.8 Å². The van der Waals surface area contributed by atoms with Gasteiger partial charge in [0.1, 0.15) is 0 Å². The lowest BCUT2D eigenvalue weighted by atomic mass is 10.3. The SMILES string of the molecule is CC(O)SC(C)(C)C. The van der Waals surface area contributed by atoms with E-state index in [2.05, 4.69) is 20.8 Å². The average Bonchev–Trinajstić information content (AvgIpc) is 1.21. The molecule has 0 aliphatic carbocycles. The first-order valence-corrected chi connectivity index (χ1v) is 3.66. The lowest BCUT2D eigenvalue weighted by Gasteiger charge is -2.18. The number of rotatable bonds is 1.